The van der Waals surface area contributed by atoms with E-state index in [4.69, 9.17) is 4.74 Å². The van der Waals surface area contributed by atoms with Crippen LogP contribution in [0.5, 0.6) is 5.75 Å². The first kappa shape index (κ1) is 10.9. The van der Waals surface area contributed by atoms with Gasteiger partial charge in [-0.2, -0.15) is 0 Å². The van der Waals surface area contributed by atoms with Crippen LogP contribution >= 0.6 is 0 Å². The quantitative estimate of drug-likeness (QED) is 0.712. The fourth-order valence-corrected chi connectivity index (χ4v) is 1.91. The number of nitrogens with zero attached hydrogens (tertiary/aromatic N) is 2. The van der Waals surface area contributed by atoms with Crippen LogP contribution < -0.4 is 4.74 Å². The first-order valence-electron chi connectivity index (χ1n) is 5.81. The maximum Gasteiger partial charge on any atom is 0.157 e. The summed E-state index contributed by atoms with van der Waals surface area (Å²) in [6, 6.07) is 0. The minimum absolute atomic E-state index is 0.434. The van der Waals surface area contributed by atoms with Crippen LogP contribution in [0.1, 0.15) is 32.1 Å². The summed E-state index contributed by atoms with van der Waals surface area (Å²) in [7, 11) is 0. The Morgan fingerprint density at radius 3 is 2.69 bits per heavy atom. The molecule has 0 saturated heterocycles. The minimum atomic E-state index is 0.434. The fourth-order valence-electron chi connectivity index (χ4n) is 1.91. The predicted octanol–water partition coefficient (Wildman–Crippen LogP) is 2.44. The van der Waals surface area contributed by atoms with Crippen molar-refractivity contribution in [2.24, 2.45) is 5.92 Å². The average Bonchev–Trinajstić information content (AvgIpc) is 2.37. The number of hydrogen-bond donors (Lipinski definition) is 0. The zero-order chi connectivity index (χ0) is 11.1. The highest BCUT2D eigenvalue weighted by molar-refractivity contribution is 5.12. The molecule has 1 aliphatic carbocycles. The van der Waals surface area contributed by atoms with Crippen molar-refractivity contribution >= 4 is 0 Å². The second-order valence-electron chi connectivity index (χ2n) is 4.02. The molecular formula is C13H16N2O. The number of aromatic nitrogens is 2. The molecule has 1 aliphatic rings. The van der Waals surface area contributed by atoms with E-state index in [0.29, 0.717) is 18.3 Å². The van der Waals surface area contributed by atoms with Gasteiger partial charge in [0.2, 0.25) is 0 Å². The van der Waals surface area contributed by atoms with Crippen molar-refractivity contribution in [2.45, 2.75) is 32.1 Å². The van der Waals surface area contributed by atoms with Gasteiger partial charge in [0, 0.05) is 5.92 Å². The molecule has 3 nitrogen and oxygen atoms in total. The van der Waals surface area contributed by atoms with Gasteiger partial charge in [0.05, 0.1) is 12.4 Å². The summed E-state index contributed by atoms with van der Waals surface area (Å²) < 4.78 is 5.40. The summed E-state index contributed by atoms with van der Waals surface area (Å²) in [5.41, 5.74) is 0. The zero-order valence-electron chi connectivity index (χ0n) is 9.35. The zero-order valence-corrected chi connectivity index (χ0v) is 9.35. The van der Waals surface area contributed by atoms with Crippen LogP contribution in [0.3, 0.4) is 0 Å². The lowest BCUT2D eigenvalue weighted by Gasteiger charge is -2.15. The summed E-state index contributed by atoms with van der Waals surface area (Å²) in [5, 5.41) is 0. The molecule has 1 aromatic heterocycles. The van der Waals surface area contributed by atoms with E-state index in [2.05, 4.69) is 21.8 Å². The molecule has 16 heavy (non-hydrogen) atoms. The van der Waals surface area contributed by atoms with Crippen molar-refractivity contribution in [1.82, 2.24) is 9.97 Å². The molecule has 0 aliphatic heterocycles. The summed E-state index contributed by atoms with van der Waals surface area (Å²) in [4.78, 5) is 7.74. The monoisotopic (exact) mass is 216 g/mol. The molecule has 1 aromatic rings. The maximum absolute atomic E-state index is 5.40. The molecule has 1 fully saturated rings. The van der Waals surface area contributed by atoms with Crippen LogP contribution in [0.25, 0.3) is 0 Å². The first-order chi connectivity index (χ1) is 7.95. The van der Waals surface area contributed by atoms with Gasteiger partial charge < -0.3 is 4.74 Å². The van der Waals surface area contributed by atoms with Gasteiger partial charge in [0.1, 0.15) is 12.9 Å². The van der Waals surface area contributed by atoms with Crippen LogP contribution in [-0.2, 0) is 0 Å². The Balaban J connectivity index is 1.73. The SMILES string of the molecule is C(#CC1CCCCC1)COc1cncnc1. The van der Waals surface area contributed by atoms with Crippen molar-refractivity contribution < 1.29 is 4.74 Å². The second-order valence-corrected chi connectivity index (χ2v) is 4.02. The fraction of sp³-hybridized carbons (Fsp3) is 0.538. The summed E-state index contributed by atoms with van der Waals surface area (Å²) in [6.45, 7) is 0.434. The van der Waals surface area contributed by atoms with Gasteiger partial charge in [-0.25, -0.2) is 9.97 Å². The molecule has 0 unspecified atom stereocenters. The Kier molecular flexibility index (Phi) is 4.18. The first-order valence-corrected chi connectivity index (χ1v) is 5.81. The van der Waals surface area contributed by atoms with Gasteiger partial charge >= 0.3 is 0 Å². The topological polar surface area (TPSA) is 35.0 Å². The second kappa shape index (κ2) is 6.12. The van der Waals surface area contributed by atoms with Gasteiger partial charge in [-0.3, -0.25) is 0 Å². The molecule has 1 saturated carbocycles. The maximum atomic E-state index is 5.40. The summed E-state index contributed by atoms with van der Waals surface area (Å²) in [5.74, 6) is 7.62. The molecule has 0 radical (unpaired) electrons. The van der Waals surface area contributed by atoms with Gasteiger partial charge in [-0.05, 0) is 12.8 Å². The van der Waals surface area contributed by atoms with Gasteiger partial charge in [0.25, 0.3) is 0 Å². The van der Waals surface area contributed by atoms with E-state index in [1.807, 2.05) is 0 Å². The third kappa shape index (κ3) is 3.54. The van der Waals surface area contributed by atoms with Crippen molar-refractivity contribution in [1.29, 1.82) is 0 Å². The van der Waals surface area contributed by atoms with Crippen LogP contribution in [-0.4, -0.2) is 16.6 Å². The molecule has 2 rings (SSSR count). The summed E-state index contributed by atoms with van der Waals surface area (Å²) in [6.07, 6.45) is 11.3. The largest absolute Gasteiger partial charge is 0.478 e. The molecule has 0 amide bonds. The van der Waals surface area contributed by atoms with Crippen molar-refractivity contribution in [3.8, 4) is 17.6 Å². The molecule has 0 spiro atoms. The molecular weight excluding hydrogens is 200 g/mol. The lowest BCUT2D eigenvalue weighted by Crippen LogP contribution is -2.04. The van der Waals surface area contributed by atoms with E-state index >= 15 is 0 Å². The Labute approximate surface area is 96.3 Å². The van der Waals surface area contributed by atoms with E-state index in [1.54, 1.807) is 12.4 Å². The molecule has 84 valence electrons. The van der Waals surface area contributed by atoms with Gasteiger partial charge in [-0.15, -0.1) is 0 Å². The minimum Gasteiger partial charge on any atom is -0.478 e. The van der Waals surface area contributed by atoms with Crippen LogP contribution in [0.15, 0.2) is 18.7 Å². The van der Waals surface area contributed by atoms with E-state index in [1.165, 1.54) is 38.4 Å². The smallest absolute Gasteiger partial charge is 0.157 e. The highest BCUT2D eigenvalue weighted by Crippen LogP contribution is 2.22. The third-order valence-electron chi connectivity index (χ3n) is 2.76. The van der Waals surface area contributed by atoms with Crippen LogP contribution in [0, 0.1) is 17.8 Å². The standard InChI is InChI=1S/C13H16N2O/c1-2-5-12(6-3-1)7-4-8-16-13-9-14-11-15-10-13/h9-12H,1-3,5-6,8H2. The number of ether oxygens (including phenoxy) is 1. The lowest BCUT2D eigenvalue weighted by atomic mass is 9.90. The van der Waals surface area contributed by atoms with Crippen molar-refractivity contribution in [2.75, 3.05) is 6.61 Å². The van der Waals surface area contributed by atoms with Crippen LogP contribution in [0.2, 0.25) is 0 Å². The summed E-state index contributed by atoms with van der Waals surface area (Å²) >= 11 is 0. The molecule has 3 heteroatoms. The van der Waals surface area contributed by atoms with Crippen molar-refractivity contribution in [3.63, 3.8) is 0 Å². The average molecular weight is 216 g/mol. The molecule has 0 aromatic carbocycles. The Morgan fingerprint density at radius 1 is 1.19 bits per heavy atom. The highest BCUT2D eigenvalue weighted by atomic mass is 16.5. The molecule has 0 atom stereocenters. The predicted molar refractivity (Wildman–Crippen MR) is 61.9 cm³/mol. The number of rotatable bonds is 2. The third-order valence-corrected chi connectivity index (χ3v) is 2.76. The molecule has 1 heterocycles. The highest BCUT2D eigenvalue weighted by Gasteiger charge is 2.09. The lowest BCUT2D eigenvalue weighted by molar-refractivity contribution is 0.365. The van der Waals surface area contributed by atoms with Gasteiger partial charge in [-0.1, -0.05) is 31.1 Å². The molecule has 0 N–H and O–H groups in total. The Hall–Kier alpha value is -1.56. The molecule has 0 bridgehead atoms. The van der Waals surface area contributed by atoms with E-state index in [9.17, 15) is 0 Å². The Morgan fingerprint density at radius 2 is 1.94 bits per heavy atom. The Bertz CT molecular complexity index is 361. The normalized spacial score (nSPS) is 16.2. The number of hydrogen-bond acceptors (Lipinski definition) is 3. The van der Waals surface area contributed by atoms with E-state index in [-0.39, 0.29) is 0 Å². The van der Waals surface area contributed by atoms with E-state index < -0.39 is 0 Å². The van der Waals surface area contributed by atoms with Crippen LogP contribution in [0.4, 0.5) is 0 Å². The van der Waals surface area contributed by atoms with Gasteiger partial charge in [0.15, 0.2) is 5.75 Å². The van der Waals surface area contributed by atoms with E-state index in [0.717, 1.165) is 0 Å². The van der Waals surface area contributed by atoms with Crippen molar-refractivity contribution in [3.05, 3.63) is 18.7 Å².